The van der Waals surface area contributed by atoms with Crippen molar-refractivity contribution in [3.05, 3.63) is 0 Å². The van der Waals surface area contributed by atoms with Gasteiger partial charge in [0.15, 0.2) is 0 Å². The minimum atomic E-state index is -0.628. The molecular formula is C11H24FN. The second kappa shape index (κ2) is 8.49. The van der Waals surface area contributed by atoms with Crippen molar-refractivity contribution in [1.82, 2.24) is 4.90 Å². The Balaban J connectivity index is 3.12. The third kappa shape index (κ3) is 9.81. The van der Waals surface area contributed by atoms with Gasteiger partial charge in [-0.2, -0.15) is 0 Å². The summed E-state index contributed by atoms with van der Waals surface area (Å²) in [5.74, 6) is 0. The first-order valence-electron chi connectivity index (χ1n) is 5.45. The van der Waals surface area contributed by atoms with E-state index in [0.29, 0.717) is 6.54 Å². The highest BCUT2D eigenvalue weighted by atomic mass is 19.1. The minimum absolute atomic E-state index is 0.577. The van der Waals surface area contributed by atoms with Gasteiger partial charge in [-0.25, -0.2) is 4.39 Å². The molecule has 0 spiro atoms. The fourth-order valence-corrected chi connectivity index (χ4v) is 1.46. The van der Waals surface area contributed by atoms with Crippen LogP contribution in [0.1, 0.15) is 45.4 Å². The fraction of sp³-hybridized carbons (Fsp3) is 1.00. The zero-order valence-corrected chi connectivity index (χ0v) is 9.35. The van der Waals surface area contributed by atoms with Gasteiger partial charge in [0.1, 0.15) is 6.17 Å². The lowest BCUT2D eigenvalue weighted by Gasteiger charge is -2.13. The molecule has 0 bridgehead atoms. The van der Waals surface area contributed by atoms with Gasteiger partial charge in [-0.1, -0.05) is 39.0 Å². The quantitative estimate of drug-likeness (QED) is 0.530. The van der Waals surface area contributed by atoms with Crippen molar-refractivity contribution in [2.45, 2.75) is 51.6 Å². The van der Waals surface area contributed by atoms with Gasteiger partial charge in [-0.3, -0.25) is 0 Å². The van der Waals surface area contributed by atoms with Gasteiger partial charge in [-0.05, 0) is 20.5 Å². The minimum Gasteiger partial charge on any atom is -0.307 e. The summed E-state index contributed by atoms with van der Waals surface area (Å²) in [5, 5.41) is 0. The number of unbranched alkanes of at least 4 members (excludes halogenated alkanes) is 4. The summed E-state index contributed by atoms with van der Waals surface area (Å²) in [6, 6.07) is 0. The second-order valence-electron chi connectivity index (χ2n) is 4.06. The van der Waals surface area contributed by atoms with Crippen LogP contribution in [0.5, 0.6) is 0 Å². The van der Waals surface area contributed by atoms with E-state index in [4.69, 9.17) is 0 Å². The summed E-state index contributed by atoms with van der Waals surface area (Å²) in [6.07, 6.45) is 6.18. The molecule has 80 valence electrons. The van der Waals surface area contributed by atoms with Crippen molar-refractivity contribution in [3.8, 4) is 0 Å². The van der Waals surface area contributed by atoms with Crippen LogP contribution in [0.15, 0.2) is 0 Å². The molecule has 13 heavy (non-hydrogen) atoms. The smallest absolute Gasteiger partial charge is 0.113 e. The average Bonchev–Trinajstić information content (AvgIpc) is 2.02. The summed E-state index contributed by atoms with van der Waals surface area (Å²) in [6.45, 7) is 2.78. The van der Waals surface area contributed by atoms with Crippen LogP contribution in [-0.2, 0) is 0 Å². The summed E-state index contributed by atoms with van der Waals surface area (Å²) >= 11 is 0. The Hall–Kier alpha value is -0.110. The molecule has 0 aromatic heterocycles. The van der Waals surface area contributed by atoms with E-state index < -0.39 is 6.17 Å². The maximum Gasteiger partial charge on any atom is 0.113 e. The molecule has 1 unspecified atom stereocenters. The van der Waals surface area contributed by atoms with E-state index in [9.17, 15) is 4.39 Å². The van der Waals surface area contributed by atoms with Gasteiger partial charge >= 0.3 is 0 Å². The number of rotatable bonds is 8. The van der Waals surface area contributed by atoms with Crippen LogP contribution in [-0.4, -0.2) is 31.7 Å². The van der Waals surface area contributed by atoms with E-state index in [0.717, 1.165) is 12.8 Å². The number of hydrogen-bond acceptors (Lipinski definition) is 1. The molecule has 0 aliphatic carbocycles. The molecule has 0 amide bonds. The summed E-state index contributed by atoms with van der Waals surface area (Å²) in [4.78, 5) is 1.91. The molecule has 1 atom stereocenters. The summed E-state index contributed by atoms with van der Waals surface area (Å²) in [5.41, 5.74) is 0. The highest BCUT2D eigenvalue weighted by molar-refractivity contribution is 4.59. The number of halogens is 1. The lowest BCUT2D eigenvalue weighted by atomic mass is 10.1. The Morgan fingerprint density at radius 1 is 1.08 bits per heavy atom. The van der Waals surface area contributed by atoms with Crippen LogP contribution in [0, 0.1) is 0 Å². The fourth-order valence-electron chi connectivity index (χ4n) is 1.46. The van der Waals surface area contributed by atoms with Gasteiger partial charge in [0.2, 0.25) is 0 Å². The van der Waals surface area contributed by atoms with Crippen molar-refractivity contribution in [3.63, 3.8) is 0 Å². The Morgan fingerprint density at radius 3 is 2.23 bits per heavy atom. The molecule has 0 aliphatic rings. The largest absolute Gasteiger partial charge is 0.307 e. The van der Waals surface area contributed by atoms with Crippen LogP contribution in [0.3, 0.4) is 0 Å². The van der Waals surface area contributed by atoms with Crippen molar-refractivity contribution in [2.75, 3.05) is 20.6 Å². The zero-order valence-electron chi connectivity index (χ0n) is 9.35. The molecule has 2 heteroatoms. The lowest BCUT2D eigenvalue weighted by Crippen LogP contribution is -2.22. The highest BCUT2D eigenvalue weighted by Crippen LogP contribution is 2.09. The van der Waals surface area contributed by atoms with Crippen molar-refractivity contribution in [2.24, 2.45) is 0 Å². The molecule has 0 aromatic rings. The Bertz CT molecular complexity index is 104. The lowest BCUT2D eigenvalue weighted by molar-refractivity contribution is 0.230. The predicted molar refractivity (Wildman–Crippen MR) is 56.8 cm³/mol. The standard InChI is InChI=1S/C11H24FN/c1-4-5-6-7-8-9-11(12)10-13(2)3/h11H,4-10H2,1-3H3. The molecule has 0 saturated carbocycles. The van der Waals surface area contributed by atoms with Gasteiger partial charge in [0.25, 0.3) is 0 Å². The first kappa shape index (κ1) is 12.9. The Labute approximate surface area is 82.3 Å². The molecule has 0 aliphatic heterocycles. The zero-order chi connectivity index (χ0) is 10.1. The SMILES string of the molecule is CCCCCCCC(F)CN(C)C. The maximum atomic E-state index is 13.1. The van der Waals surface area contributed by atoms with E-state index in [1.807, 2.05) is 19.0 Å². The molecule has 0 heterocycles. The first-order chi connectivity index (χ1) is 6.16. The van der Waals surface area contributed by atoms with E-state index in [2.05, 4.69) is 6.92 Å². The van der Waals surface area contributed by atoms with Gasteiger partial charge in [0, 0.05) is 6.54 Å². The maximum absolute atomic E-state index is 13.1. The van der Waals surface area contributed by atoms with E-state index >= 15 is 0 Å². The van der Waals surface area contributed by atoms with Crippen LogP contribution >= 0.6 is 0 Å². The van der Waals surface area contributed by atoms with Crippen molar-refractivity contribution >= 4 is 0 Å². The second-order valence-corrected chi connectivity index (χ2v) is 4.06. The summed E-state index contributed by atoms with van der Waals surface area (Å²) < 4.78 is 13.1. The molecule has 0 radical (unpaired) electrons. The van der Waals surface area contributed by atoms with Gasteiger partial charge in [0.05, 0.1) is 0 Å². The molecule has 0 fully saturated rings. The third-order valence-corrected chi connectivity index (χ3v) is 2.18. The van der Waals surface area contributed by atoms with E-state index in [-0.39, 0.29) is 0 Å². The first-order valence-corrected chi connectivity index (χ1v) is 5.45. The van der Waals surface area contributed by atoms with Gasteiger partial charge < -0.3 is 4.90 Å². The number of alkyl halides is 1. The van der Waals surface area contributed by atoms with Crippen molar-refractivity contribution in [1.29, 1.82) is 0 Å². The summed E-state index contributed by atoms with van der Waals surface area (Å²) in [7, 11) is 3.84. The molecular weight excluding hydrogens is 165 g/mol. The topological polar surface area (TPSA) is 3.24 Å². The molecule has 0 rings (SSSR count). The van der Waals surface area contributed by atoms with Crippen LogP contribution in [0.2, 0.25) is 0 Å². The van der Waals surface area contributed by atoms with E-state index in [1.54, 1.807) is 0 Å². The predicted octanol–water partition coefficient (Wildman–Crippen LogP) is 3.25. The monoisotopic (exact) mass is 189 g/mol. The number of hydrogen-bond donors (Lipinski definition) is 0. The Kier molecular flexibility index (Phi) is 8.41. The molecule has 0 aromatic carbocycles. The Morgan fingerprint density at radius 2 is 1.69 bits per heavy atom. The van der Waals surface area contributed by atoms with Gasteiger partial charge in [-0.15, -0.1) is 0 Å². The normalized spacial score (nSPS) is 13.6. The van der Waals surface area contributed by atoms with E-state index in [1.165, 1.54) is 25.7 Å². The average molecular weight is 189 g/mol. The van der Waals surface area contributed by atoms with Crippen molar-refractivity contribution < 1.29 is 4.39 Å². The third-order valence-electron chi connectivity index (χ3n) is 2.18. The van der Waals surface area contributed by atoms with Crippen LogP contribution in [0.4, 0.5) is 4.39 Å². The molecule has 0 saturated heterocycles. The number of nitrogens with zero attached hydrogens (tertiary/aromatic N) is 1. The van der Waals surface area contributed by atoms with Crippen LogP contribution < -0.4 is 0 Å². The molecule has 0 N–H and O–H groups in total. The highest BCUT2D eigenvalue weighted by Gasteiger charge is 2.06. The van der Waals surface area contributed by atoms with Crippen LogP contribution in [0.25, 0.3) is 0 Å². The molecule has 1 nitrogen and oxygen atoms in total.